The molecule has 2 aliphatic rings. The van der Waals surface area contributed by atoms with Crippen molar-refractivity contribution in [3.8, 4) is 44.5 Å². The summed E-state index contributed by atoms with van der Waals surface area (Å²) in [6.07, 6.45) is 0. The lowest BCUT2D eigenvalue weighted by atomic mass is 9.80. The average Bonchev–Trinajstić information content (AvgIpc) is 3.79. The van der Waals surface area contributed by atoms with Crippen molar-refractivity contribution >= 4 is 63.8 Å². The van der Waals surface area contributed by atoms with Crippen LogP contribution in [-0.2, 0) is 10.8 Å². The second-order valence-corrected chi connectivity index (χ2v) is 17.9. The van der Waals surface area contributed by atoms with Gasteiger partial charge in [-0.3, -0.25) is 0 Å². The molecule has 0 radical (unpaired) electrons. The maximum Gasteiger partial charge on any atom is 0.0361 e. The highest BCUT2D eigenvalue weighted by molar-refractivity contribution is 7.26. The maximum absolute atomic E-state index is 2.52. The summed E-state index contributed by atoms with van der Waals surface area (Å²) >= 11 is 1.90. The summed E-state index contributed by atoms with van der Waals surface area (Å²) in [6, 6.07) is 60.1. The Balaban J connectivity index is 1.08. The van der Waals surface area contributed by atoms with Gasteiger partial charge >= 0.3 is 0 Å². The van der Waals surface area contributed by atoms with Gasteiger partial charge in [0.25, 0.3) is 0 Å². The monoisotopic (exact) mass is 718 g/mol. The van der Waals surface area contributed by atoms with Crippen molar-refractivity contribution in [2.75, 3.05) is 0 Å². The second kappa shape index (κ2) is 10.8. The summed E-state index contributed by atoms with van der Waals surface area (Å²) in [5, 5.41) is 10.6. The van der Waals surface area contributed by atoms with Gasteiger partial charge in [0.1, 0.15) is 0 Å². The van der Waals surface area contributed by atoms with E-state index in [1.54, 1.807) is 0 Å². The summed E-state index contributed by atoms with van der Waals surface area (Å²) in [5.74, 6) is 0. The predicted molar refractivity (Wildman–Crippen MR) is 238 cm³/mol. The zero-order valence-electron chi connectivity index (χ0n) is 31.4. The van der Waals surface area contributed by atoms with Crippen LogP contribution in [0, 0.1) is 0 Å². The molecule has 0 nitrogen and oxygen atoms in total. The van der Waals surface area contributed by atoms with Crippen molar-refractivity contribution in [3.63, 3.8) is 0 Å². The first-order chi connectivity index (χ1) is 26.8. The quantitative estimate of drug-likeness (QED) is 0.156. The molecule has 0 unspecified atom stereocenters. The highest BCUT2D eigenvalue weighted by Crippen LogP contribution is 2.55. The Kier molecular flexibility index (Phi) is 6.16. The summed E-state index contributed by atoms with van der Waals surface area (Å²) < 4.78 is 2.71. The van der Waals surface area contributed by atoms with Crippen LogP contribution in [0.25, 0.3) is 97.0 Å². The van der Waals surface area contributed by atoms with E-state index in [0.717, 1.165) is 0 Å². The van der Waals surface area contributed by atoms with Gasteiger partial charge in [-0.2, -0.15) is 0 Å². The minimum atomic E-state index is -0.138. The molecule has 9 aromatic carbocycles. The van der Waals surface area contributed by atoms with E-state index in [2.05, 4.69) is 185 Å². The van der Waals surface area contributed by atoms with Crippen molar-refractivity contribution in [2.45, 2.75) is 38.5 Å². The number of hydrogen-bond acceptors (Lipinski definition) is 1. The minimum absolute atomic E-state index is 0.0176. The standard InChI is InChI=1S/C54H38S/c1-53(2)43-19-11-9-13-33(43)42-29-31(22-26-44(42)53)49-34-14-5-7-16-36(34)50(37-17-8-6-15-35(37)49)32-21-23-40-46(30-32)54(3,4)45-27-24-39-38(51(40)45)25-28-48-52(39)41-18-10-12-20-47(41)55-48/h5-30H,1-4H3. The van der Waals surface area contributed by atoms with E-state index < -0.39 is 0 Å². The van der Waals surface area contributed by atoms with Crippen molar-refractivity contribution in [2.24, 2.45) is 0 Å². The molecular weight excluding hydrogens is 681 g/mol. The molecule has 2 aliphatic carbocycles. The van der Waals surface area contributed by atoms with E-state index in [4.69, 9.17) is 0 Å². The van der Waals surface area contributed by atoms with Gasteiger partial charge < -0.3 is 0 Å². The van der Waals surface area contributed by atoms with E-state index in [-0.39, 0.29) is 10.8 Å². The first-order valence-electron chi connectivity index (χ1n) is 19.5. The largest absolute Gasteiger partial charge is 0.135 e. The Morgan fingerprint density at radius 1 is 0.327 bits per heavy atom. The number of hydrogen-bond donors (Lipinski definition) is 0. The number of fused-ring (bicyclic) bond motifs is 14. The third kappa shape index (κ3) is 4.06. The van der Waals surface area contributed by atoms with Gasteiger partial charge in [-0.1, -0.05) is 161 Å². The fourth-order valence-corrected chi connectivity index (χ4v) is 11.8. The lowest BCUT2D eigenvalue weighted by Gasteiger charge is -2.23. The van der Waals surface area contributed by atoms with Crippen LogP contribution in [0.4, 0.5) is 0 Å². The third-order valence-electron chi connectivity index (χ3n) is 13.3. The van der Waals surface area contributed by atoms with Crippen molar-refractivity contribution in [1.29, 1.82) is 0 Å². The smallest absolute Gasteiger partial charge is 0.0361 e. The summed E-state index contributed by atoms with van der Waals surface area (Å²) in [4.78, 5) is 0. The molecule has 55 heavy (non-hydrogen) atoms. The van der Waals surface area contributed by atoms with Crippen molar-refractivity contribution in [1.82, 2.24) is 0 Å². The molecule has 10 aromatic rings. The first kappa shape index (κ1) is 31.3. The average molecular weight is 719 g/mol. The maximum atomic E-state index is 2.52. The highest BCUT2D eigenvalue weighted by Gasteiger charge is 2.38. The molecular formula is C54H38S. The Morgan fingerprint density at radius 2 is 0.855 bits per heavy atom. The Bertz CT molecular complexity index is 3260. The summed E-state index contributed by atoms with van der Waals surface area (Å²) in [7, 11) is 0. The summed E-state index contributed by atoms with van der Waals surface area (Å²) in [6.45, 7) is 9.55. The Morgan fingerprint density at radius 3 is 1.58 bits per heavy atom. The lowest BCUT2D eigenvalue weighted by Crippen LogP contribution is -2.15. The normalized spacial score (nSPS) is 14.8. The van der Waals surface area contributed by atoms with Crippen LogP contribution < -0.4 is 0 Å². The molecule has 0 bridgehead atoms. The van der Waals surface area contributed by atoms with E-state index in [0.29, 0.717) is 0 Å². The molecule has 1 heteroatoms. The molecule has 0 fully saturated rings. The zero-order chi connectivity index (χ0) is 36.8. The molecule has 12 rings (SSSR count). The minimum Gasteiger partial charge on any atom is -0.135 e. The second-order valence-electron chi connectivity index (χ2n) is 16.8. The molecule has 0 N–H and O–H groups in total. The van der Waals surface area contributed by atoms with E-state index in [1.165, 1.54) is 119 Å². The van der Waals surface area contributed by atoms with Gasteiger partial charge in [0.2, 0.25) is 0 Å². The van der Waals surface area contributed by atoms with E-state index in [9.17, 15) is 0 Å². The van der Waals surface area contributed by atoms with Gasteiger partial charge in [0.05, 0.1) is 0 Å². The van der Waals surface area contributed by atoms with Crippen LogP contribution in [0.1, 0.15) is 49.9 Å². The topological polar surface area (TPSA) is 0 Å². The van der Waals surface area contributed by atoms with Crippen LogP contribution in [0.3, 0.4) is 0 Å². The van der Waals surface area contributed by atoms with Crippen LogP contribution in [0.15, 0.2) is 158 Å². The number of thiophene rings is 1. The van der Waals surface area contributed by atoms with Crippen LogP contribution >= 0.6 is 11.3 Å². The molecule has 0 saturated heterocycles. The molecule has 0 atom stereocenters. The van der Waals surface area contributed by atoms with E-state index >= 15 is 0 Å². The molecule has 0 saturated carbocycles. The Labute approximate surface area is 325 Å². The Hall–Kier alpha value is -6.02. The molecule has 260 valence electrons. The SMILES string of the molecule is CC1(C)c2ccccc2-c2cc(-c3c4ccccc4c(-c4ccc5c(c4)C(C)(C)c4ccc6c(ccc7sc8ccccc8c76)c4-5)c4ccccc34)ccc21. The molecule has 0 spiro atoms. The van der Waals surface area contributed by atoms with Gasteiger partial charge in [-0.05, 0) is 123 Å². The van der Waals surface area contributed by atoms with Crippen LogP contribution in [-0.4, -0.2) is 0 Å². The molecule has 0 amide bonds. The lowest BCUT2D eigenvalue weighted by molar-refractivity contribution is 0.660. The fourth-order valence-electron chi connectivity index (χ4n) is 10.6. The van der Waals surface area contributed by atoms with E-state index in [1.807, 2.05) is 11.3 Å². The summed E-state index contributed by atoms with van der Waals surface area (Å²) in [5.41, 5.74) is 16.1. The van der Waals surface area contributed by atoms with Crippen molar-refractivity contribution in [3.05, 3.63) is 180 Å². The number of benzene rings is 9. The van der Waals surface area contributed by atoms with Gasteiger partial charge in [-0.25, -0.2) is 0 Å². The van der Waals surface area contributed by atoms with Crippen LogP contribution in [0.2, 0.25) is 0 Å². The zero-order valence-corrected chi connectivity index (χ0v) is 32.2. The molecule has 1 aromatic heterocycles. The highest BCUT2D eigenvalue weighted by atomic mass is 32.1. The van der Waals surface area contributed by atoms with Crippen molar-refractivity contribution < 1.29 is 0 Å². The molecule has 1 heterocycles. The van der Waals surface area contributed by atoms with Gasteiger partial charge in [0.15, 0.2) is 0 Å². The number of rotatable bonds is 2. The van der Waals surface area contributed by atoms with Gasteiger partial charge in [0, 0.05) is 31.0 Å². The third-order valence-corrected chi connectivity index (χ3v) is 14.4. The first-order valence-corrected chi connectivity index (χ1v) is 20.3. The fraction of sp³-hybridized carbons (Fsp3) is 0.111. The van der Waals surface area contributed by atoms with Gasteiger partial charge in [-0.15, -0.1) is 11.3 Å². The predicted octanol–water partition coefficient (Wildman–Crippen LogP) is 15.5. The van der Waals surface area contributed by atoms with Crippen LogP contribution in [0.5, 0.6) is 0 Å². The molecule has 0 aliphatic heterocycles.